The third-order valence-corrected chi connectivity index (χ3v) is 11.4. The Bertz CT molecular complexity index is 1380. The highest BCUT2D eigenvalue weighted by atomic mass is 32.2. The summed E-state index contributed by atoms with van der Waals surface area (Å²) in [6, 6.07) is 21.6. The lowest BCUT2D eigenvalue weighted by atomic mass is 9.86. The monoisotopic (exact) mass is 787 g/mol. The zero-order chi connectivity index (χ0) is 42.2. The van der Waals surface area contributed by atoms with Gasteiger partial charge in [0, 0.05) is 5.25 Å². The van der Waals surface area contributed by atoms with Gasteiger partial charge in [-0.3, -0.25) is 0 Å². The van der Waals surface area contributed by atoms with E-state index >= 15 is 0 Å². The Kier molecular flexibility index (Phi) is 34.6. The van der Waals surface area contributed by atoms with Gasteiger partial charge in [-0.2, -0.15) is 23.5 Å². The van der Waals surface area contributed by atoms with Gasteiger partial charge in [-0.05, 0) is 151 Å². The van der Waals surface area contributed by atoms with Crippen LogP contribution in [0.25, 0.3) is 11.1 Å². The van der Waals surface area contributed by atoms with E-state index in [9.17, 15) is 0 Å². The van der Waals surface area contributed by atoms with Crippen molar-refractivity contribution in [1.82, 2.24) is 0 Å². The zero-order valence-electron chi connectivity index (χ0n) is 38.6. The highest BCUT2D eigenvalue weighted by Crippen LogP contribution is 2.43. The van der Waals surface area contributed by atoms with Crippen LogP contribution >= 0.6 is 23.5 Å². The number of unbranched alkanes of at least 4 members (excludes halogenated alkanes) is 1. The number of hydrogen-bond donors (Lipinski definition) is 0. The predicted molar refractivity (Wildman–Crippen MR) is 263 cm³/mol. The molecule has 0 heterocycles. The molecule has 55 heavy (non-hydrogen) atoms. The molecule has 0 nitrogen and oxygen atoms in total. The Morgan fingerprint density at radius 2 is 1.42 bits per heavy atom. The van der Waals surface area contributed by atoms with E-state index < -0.39 is 0 Å². The van der Waals surface area contributed by atoms with Gasteiger partial charge in [0.25, 0.3) is 0 Å². The molecule has 0 radical (unpaired) electrons. The lowest BCUT2D eigenvalue weighted by molar-refractivity contribution is 0.638. The van der Waals surface area contributed by atoms with Crippen molar-refractivity contribution >= 4 is 23.5 Å². The molecule has 0 fully saturated rings. The second kappa shape index (κ2) is 34.8. The van der Waals surface area contributed by atoms with Crippen molar-refractivity contribution in [1.29, 1.82) is 0 Å². The first-order valence-corrected chi connectivity index (χ1v) is 24.6. The molecule has 3 unspecified atom stereocenters. The first-order valence-electron chi connectivity index (χ1n) is 21.9. The highest BCUT2D eigenvalue weighted by molar-refractivity contribution is 7.99. The van der Waals surface area contributed by atoms with Crippen molar-refractivity contribution in [2.24, 2.45) is 5.92 Å². The summed E-state index contributed by atoms with van der Waals surface area (Å²) >= 11 is 3.95. The van der Waals surface area contributed by atoms with E-state index in [-0.39, 0.29) is 0 Å². The zero-order valence-corrected chi connectivity index (χ0v) is 40.2. The largest absolute Gasteiger partial charge is 0.165 e. The van der Waals surface area contributed by atoms with Crippen LogP contribution in [-0.2, 0) is 19.3 Å². The normalized spacial score (nSPS) is 13.5. The molecule has 3 aromatic rings. The fourth-order valence-corrected chi connectivity index (χ4v) is 8.59. The van der Waals surface area contributed by atoms with E-state index in [2.05, 4.69) is 141 Å². The number of hydrogen-bond acceptors (Lipinski definition) is 2. The van der Waals surface area contributed by atoms with Crippen molar-refractivity contribution < 1.29 is 0 Å². The van der Waals surface area contributed by atoms with Crippen LogP contribution in [-0.4, -0.2) is 23.5 Å². The predicted octanol–water partition coefficient (Wildman–Crippen LogP) is 17.6. The molecule has 0 aromatic heterocycles. The maximum atomic E-state index is 4.04. The fourth-order valence-electron chi connectivity index (χ4n) is 7.17. The molecule has 310 valence electrons. The molecule has 1 aliphatic rings. The molecule has 3 aromatic carbocycles. The molecular formula is C53H86S2. The van der Waals surface area contributed by atoms with Crippen LogP contribution in [0.4, 0.5) is 0 Å². The Morgan fingerprint density at radius 1 is 0.818 bits per heavy atom. The standard InChI is InChI=1S/C37H48S2.C7H12.C3H8.3C2H6/c1-7-12-33(36(8-2)39-6)30-18-16-28(17-19-30)25-31-20-21-34-32(31)14-11-15-35(34)37-26(3)23-29(24-27(37)4)13-9-10-22-38-5;1-4-5-6-7(2)3;1-3-2;3*1-2/h7,11,14-19,23-24,31,33,36H,1,8-10,12-13,20-22,25H2,2-6H3;4-7H,1H2,2-3H3;3H2,1-2H3;3*1-2H3/b;6-5-;;;;. The quantitative estimate of drug-likeness (QED) is 0.0806. The third kappa shape index (κ3) is 20.0. The van der Waals surface area contributed by atoms with Gasteiger partial charge >= 0.3 is 0 Å². The van der Waals surface area contributed by atoms with E-state index in [1.807, 2.05) is 71.1 Å². The highest BCUT2D eigenvalue weighted by Gasteiger charge is 2.26. The molecule has 0 amide bonds. The van der Waals surface area contributed by atoms with Crippen molar-refractivity contribution in [3.05, 3.63) is 131 Å². The lowest BCUT2D eigenvalue weighted by Gasteiger charge is -2.24. The summed E-state index contributed by atoms with van der Waals surface area (Å²) in [4.78, 5) is 0. The van der Waals surface area contributed by atoms with Gasteiger partial charge in [0.15, 0.2) is 0 Å². The molecule has 3 atom stereocenters. The van der Waals surface area contributed by atoms with Crippen LogP contribution in [0.15, 0.2) is 92.1 Å². The van der Waals surface area contributed by atoms with Gasteiger partial charge in [-0.25, -0.2) is 0 Å². The number of aryl methyl sites for hydroxylation is 3. The number of thioether (sulfide) groups is 2. The van der Waals surface area contributed by atoms with E-state index in [1.165, 1.54) is 89.6 Å². The number of allylic oxidation sites excluding steroid dienone is 4. The fraction of sp³-hybridized carbons (Fsp3) is 0.547. The Morgan fingerprint density at radius 3 is 1.89 bits per heavy atom. The Balaban J connectivity index is 0. The van der Waals surface area contributed by atoms with Crippen LogP contribution in [0.3, 0.4) is 0 Å². The average Bonchev–Trinajstić information content (AvgIpc) is 3.62. The first-order chi connectivity index (χ1) is 26.7. The minimum Gasteiger partial charge on any atom is -0.165 e. The second-order valence-electron chi connectivity index (χ2n) is 14.0. The van der Waals surface area contributed by atoms with Crippen molar-refractivity contribution in [3.8, 4) is 11.1 Å². The minimum atomic E-state index is 0.555. The molecule has 0 aliphatic heterocycles. The third-order valence-electron chi connectivity index (χ3n) is 9.42. The summed E-state index contributed by atoms with van der Waals surface area (Å²) in [7, 11) is 0. The number of rotatable bonds is 16. The summed E-state index contributed by atoms with van der Waals surface area (Å²) in [5.41, 5.74) is 13.4. The Labute approximate surface area is 353 Å². The van der Waals surface area contributed by atoms with Gasteiger partial charge in [-0.15, -0.1) is 6.58 Å². The van der Waals surface area contributed by atoms with Crippen LogP contribution in [0, 0.1) is 19.8 Å². The second-order valence-corrected chi connectivity index (χ2v) is 16.1. The smallest absolute Gasteiger partial charge is 0.0113 e. The van der Waals surface area contributed by atoms with Crippen molar-refractivity contribution in [3.63, 3.8) is 0 Å². The molecule has 0 N–H and O–H groups in total. The van der Waals surface area contributed by atoms with E-state index in [4.69, 9.17) is 0 Å². The summed E-state index contributed by atoms with van der Waals surface area (Å²) in [6.45, 7) is 35.1. The van der Waals surface area contributed by atoms with Crippen molar-refractivity contribution in [2.45, 2.75) is 165 Å². The molecule has 0 saturated carbocycles. The summed E-state index contributed by atoms with van der Waals surface area (Å²) in [6.07, 6.45) is 23.3. The molecule has 0 saturated heterocycles. The molecule has 4 rings (SSSR count). The maximum Gasteiger partial charge on any atom is 0.0113 e. The summed E-state index contributed by atoms with van der Waals surface area (Å²) in [5.74, 6) is 3.09. The van der Waals surface area contributed by atoms with Crippen molar-refractivity contribution in [2.75, 3.05) is 18.3 Å². The van der Waals surface area contributed by atoms with Gasteiger partial charge in [-0.1, -0.05) is 168 Å². The summed E-state index contributed by atoms with van der Waals surface area (Å²) in [5, 5.41) is 0.648. The lowest BCUT2D eigenvalue weighted by Crippen LogP contribution is -2.14. The van der Waals surface area contributed by atoms with Crippen LogP contribution < -0.4 is 0 Å². The molecular weight excluding hydrogens is 701 g/mol. The SMILES string of the molecule is C=C/C=C\C(C)C.C=CCC(c1ccc(CC2CCc3c(-c4c(C)cc(CCCCSC)cc4C)cccc32)cc1)C(CC)SC.CC.CC.CC.CCC. The van der Waals surface area contributed by atoms with E-state index in [1.54, 1.807) is 17.2 Å². The van der Waals surface area contributed by atoms with Gasteiger partial charge < -0.3 is 0 Å². The van der Waals surface area contributed by atoms with Crippen LogP contribution in [0.2, 0.25) is 0 Å². The molecule has 1 aliphatic carbocycles. The molecule has 0 spiro atoms. The molecule has 0 bridgehead atoms. The van der Waals surface area contributed by atoms with E-state index in [0.717, 1.165) is 12.8 Å². The van der Waals surface area contributed by atoms with Gasteiger partial charge in [0.2, 0.25) is 0 Å². The maximum absolute atomic E-state index is 4.04. The van der Waals surface area contributed by atoms with E-state index in [0.29, 0.717) is 23.0 Å². The first kappa shape index (κ1) is 54.7. The minimum absolute atomic E-state index is 0.555. The topological polar surface area (TPSA) is 0 Å². The van der Waals surface area contributed by atoms with Gasteiger partial charge in [0.05, 0.1) is 0 Å². The number of benzene rings is 3. The Hall–Kier alpha value is -2.42. The number of fused-ring (bicyclic) bond motifs is 1. The molecule has 2 heteroatoms. The van der Waals surface area contributed by atoms with Gasteiger partial charge in [0.1, 0.15) is 0 Å². The summed E-state index contributed by atoms with van der Waals surface area (Å²) < 4.78 is 0. The van der Waals surface area contributed by atoms with Crippen LogP contribution in [0.5, 0.6) is 0 Å². The average molecular weight is 787 g/mol. The van der Waals surface area contributed by atoms with Crippen LogP contribution in [0.1, 0.15) is 165 Å².